The van der Waals surface area contributed by atoms with Gasteiger partial charge in [-0.2, -0.15) is 0 Å². The maximum absolute atomic E-state index is 6.07. The first-order valence-corrected chi connectivity index (χ1v) is 7.44. The van der Waals surface area contributed by atoms with E-state index in [4.69, 9.17) is 5.73 Å². The van der Waals surface area contributed by atoms with Crippen molar-refractivity contribution in [3.63, 3.8) is 0 Å². The molecular weight excluding hydrogens is 234 g/mol. The van der Waals surface area contributed by atoms with Gasteiger partial charge in [-0.1, -0.05) is 37.3 Å². The molecule has 0 spiro atoms. The quantitative estimate of drug-likeness (QED) is 0.853. The maximum Gasteiger partial charge on any atom is 0.0333 e. The molecule has 1 aliphatic rings. The zero-order valence-corrected chi connectivity index (χ0v) is 12.2. The predicted molar refractivity (Wildman–Crippen MR) is 81.1 cm³/mol. The van der Waals surface area contributed by atoms with Crippen molar-refractivity contribution in [1.82, 2.24) is 10.2 Å². The molecule has 1 aromatic carbocycles. The molecule has 1 fully saturated rings. The minimum Gasteiger partial charge on any atom is -0.329 e. The second kappa shape index (κ2) is 6.51. The third-order valence-electron chi connectivity index (χ3n) is 4.47. The third kappa shape index (κ3) is 3.56. The molecule has 1 heterocycles. The van der Waals surface area contributed by atoms with Crippen LogP contribution in [0.3, 0.4) is 0 Å². The Hall–Kier alpha value is -0.900. The highest BCUT2D eigenvalue weighted by molar-refractivity contribution is 5.19. The number of hydrogen-bond donors (Lipinski definition) is 2. The number of nitrogens with zero attached hydrogens (tertiary/aromatic N) is 1. The molecule has 3 heteroatoms. The van der Waals surface area contributed by atoms with Gasteiger partial charge < -0.3 is 16.0 Å². The molecule has 1 aliphatic heterocycles. The van der Waals surface area contributed by atoms with Gasteiger partial charge in [-0.3, -0.25) is 0 Å². The number of hydrogen-bond acceptors (Lipinski definition) is 3. The summed E-state index contributed by atoms with van der Waals surface area (Å²) in [6.45, 7) is 8.65. The molecule has 106 valence electrons. The van der Waals surface area contributed by atoms with Crippen LogP contribution < -0.4 is 11.1 Å². The smallest absolute Gasteiger partial charge is 0.0333 e. The molecule has 0 amide bonds. The number of nitrogens with two attached hydrogens (primary N) is 1. The number of nitrogens with one attached hydrogen (secondary N) is 1. The van der Waals surface area contributed by atoms with E-state index in [0.29, 0.717) is 6.04 Å². The van der Waals surface area contributed by atoms with Gasteiger partial charge in [0.15, 0.2) is 0 Å². The lowest BCUT2D eigenvalue weighted by Gasteiger charge is -2.43. The van der Waals surface area contributed by atoms with Crippen molar-refractivity contribution in [3.8, 4) is 0 Å². The normalized spacial score (nSPS) is 21.2. The highest BCUT2D eigenvalue weighted by Gasteiger charge is 2.33. The summed E-state index contributed by atoms with van der Waals surface area (Å²) in [7, 11) is 0. The van der Waals surface area contributed by atoms with Crippen LogP contribution in [0.5, 0.6) is 0 Å². The Bertz CT molecular complexity index is 369. The van der Waals surface area contributed by atoms with Crippen LogP contribution in [0.1, 0.15) is 38.3 Å². The number of benzene rings is 1. The van der Waals surface area contributed by atoms with E-state index in [1.54, 1.807) is 0 Å². The summed E-state index contributed by atoms with van der Waals surface area (Å²) >= 11 is 0. The van der Waals surface area contributed by atoms with Gasteiger partial charge in [-0.25, -0.2) is 0 Å². The fourth-order valence-corrected chi connectivity index (χ4v) is 2.99. The van der Waals surface area contributed by atoms with Crippen molar-refractivity contribution in [2.45, 2.75) is 38.3 Å². The summed E-state index contributed by atoms with van der Waals surface area (Å²) in [5.41, 5.74) is 7.52. The van der Waals surface area contributed by atoms with E-state index in [9.17, 15) is 0 Å². The van der Waals surface area contributed by atoms with Crippen LogP contribution >= 0.6 is 0 Å². The van der Waals surface area contributed by atoms with Crippen LogP contribution in [0.15, 0.2) is 30.3 Å². The molecule has 0 aromatic heterocycles. The van der Waals surface area contributed by atoms with Crippen molar-refractivity contribution in [2.24, 2.45) is 5.73 Å². The lowest BCUT2D eigenvalue weighted by Crippen LogP contribution is -2.58. The maximum atomic E-state index is 6.07. The first-order chi connectivity index (χ1) is 9.19. The molecule has 1 aromatic rings. The molecule has 0 bridgehead atoms. The van der Waals surface area contributed by atoms with Crippen molar-refractivity contribution in [2.75, 3.05) is 26.2 Å². The second-order valence-corrected chi connectivity index (χ2v) is 5.70. The van der Waals surface area contributed by atoms with Crippen LogP contribution in [0.25, 0.3) is 0 Å². The summed E-state index contributed by atoms with van der Waals surface area (Å²) in [4.78, 5) is 2.50. The average Bonchev–Trinajstić information content (AvgIpc) is 2.49. The van der Waals surface area contributed by atoms with Crippen LogP contribution in [0.4, 0.5) is 0 Å². The van der Waals surface area contributed by atoms with Gasteiger partial charge in [0.25, 0.3) is 0 Å². The van der Waals surface area contributed by atoms with Gasteiger partial charge >= 0.3 is 0 Å². The van der Waals surface area contributed by atoms with E-state index >= 15 is 0 Å². The van der Waals surface area contributed by atoms with E-state index in [1.807, 2.05) is 0 Å². The fraction of sp³-hybridized carbons (Fsp3) is 0.625. The van der Waals surface area contributed by atoms with Gasteiger partial charge in [0.1, 0.15) is 0 Å². The summed E-state index contributed by atoms with van der Waals surface area (Å²) < 4.78 is 0. The van der Waals surface area contributed by atoms with Crippen molar-refractivity contribution < 1.29 is 0 Å². The zero-order valence-electron chi connectivity index (χ0n) is 12.2. The van der Waals surface area contributed by atoms with Crippen LogP contribution in [-0.2, 0) is 0 Å². The minimum absolute atomic E-state index is 0.112. The monoisotopic (exact) mass is 261 g/mol. The minimum atomic E-state index is 0.112. The first-order valence-electron chi connectivity index (χ1n) is 7.44. The average molecular weight is 261 g/mol. The first kappa shape index (κ1) is 14.5. The lowest BCUT2D eigenvalue weighted by molar-refractivity contribution is 0.135. The molecule has 1 unspecified atom stereocenters. The molecule has 3 N–H and O–H groups in total. The Morgan fingerprint density at radius 2 is 1.89 bits per heavy atom. The topological polar surface area (TPSA) is 41.3 Å². The van der Waals surface area contributed by atoms with E-state index in [0.717, 1.165) is 39.0 Å². The molecule has 19 heavy (non-hydrogen) atoms. The highest BCUT2D eigenvalue weighted by atomic mass is 15.2. The molecule has 3 nitrogen and oxygen atoms in total. The van der Waals surface area contributed by atoms with Crippen LogP contribution in [0, 0.1) is 0 Å². The van der Waals surface area contributed by atoms with E-state index < -0.39 is 0 Å². The standard InChI is InChI=1S/C16H27N3/c1-3-19-11-9-16(13-17,10-12-19)18-14(2)15-7-5-4-6-8-15/h4-8,14,18H,3,9-13,17H2,1-2H3. The number of likely N-dealkylation sites (tertiary alicyclic amines) is 1. The van der Waals surface area contributed by atoms with Crippen LogP contribution in [-0.4, -0.2) is 36.6 Å². The second-order valence-electron chi connectivity index (χ2n) is 5.70. The molecular formula is C16H27N3. The molecule has 2 rings (SSSR count). The molecule has 1 saturated heterocycles. The third-order valence-corrected chi connectivity index (χ3v) is 4.47. The Morgan fingerprint density at radius 3 is 2.42 bits per heavy atom. The van der Waals surface area contributed by atoms with Gasteiger partial charge in [-0.05, 0) is 45.0 Å². The number of piperidine rings is 1. The summed E-state index contributed by atoms with van der Waals surface area (Å²) in [6, 6.07) is 11.0. The van der Waals surface area contributed by atoms with Gasteiger partial charge in [0, 0.05) is 18.1 Å². The summed E-state index contributed by atoms with van der Waals surface area (Å²) in [5, 5.41) is 3.79. The highest BCUT2D eigenvalue weighted by Crippen LogP contribution is 2.25. The van der Waals surface area contributed by atoms with Gasteiger partial charge in [0.05, 0.1) is 0 Å². The van der Waals surface area contributed by atoms with E-state index in [1.165, 1.54) is 5.56 Å². The van der Waals surface area contributed by atoms with Crippen molar-refractivity contribution in [3.05, 3.63) is 35.9 Å². The van der Waals surface area contributed by atoms with Crippen molar-refractivity contribution >= 4 is 0 Å². The Balaban J connectivity index is 1.99. The van der Waals surface area contributed by atoms with Gasteiger partial charge in [-0.15, -0.1) is 0 Å². The summed E-state index contributed by atoms with van der Waals surface area (Å²) in [6.07, 6.45) is 2.29. The Morgan fingerprint density at radius 1 is 1.26 bits per heavy atom. The van der Waals surface area contributed by atoms with E-state index in [-0.39, 0.29) is 5.54 Å². The summed E-state index contributed by atoms with van der Waals surface area (Å²) in [5.74, 6) is 0. The Labute approximate surface area is 117 Å². The lowest BCUT2D eigenvalue weighted by atomic mass is 9.86. The fourth-order valence-electron chi connectivity index (χ4n) is 2.99. The molecule has 0 radical (unpaired) electrons. The van der Waals surface area contributed by atoms with E-state index in [2.05, 4.69) is 54.4 Å². The van der Waals surface area contributed by atoms with Crippen LogP contribution in [0.2, 0.25) is 0 Å². The molecule has 0 saturated carbocycles. The van der Waals surface area contributed by atoms with Crippen molar-refractivity contribution in [1.29, 1.82) is 0 Å². The molecule has 0 aliphatic carbocycles. The van der Waals surface area contributed by atoms with Gasteiger partial charge in [0.2, 0.25) is 0 Å². The zero-order chi connectivity index (χ0) is 13.7. The number of rotatable bonds is 5. The SMILES string of the molecule is CCN1CCC(CN)(NC(C)c2ccccc2)CC1. The Kier molecular flexibility index (Phi) is 4.97. The largest absolute Gasteiger partial charge is 0.329 e. The predicted octanol–water partition coefficient (Wildman–Crippen LogP) is 2.15. The molecule has 1 atom stereocenters.